The summed E-state index contributed by atoms with van der Waals surface area (Å²) in [4.78, 5) is 12.6. The predicted molar refractivity (Wildman–Crippen MR) is 134 cm³/mol. The van der Waals surface area contributed by atoms with Gasteiger partial charge in [0.25, 0.3) is 0 Å². The lowest BCUT2D eigenvalue weighted by molar-refractivity contribution is 0.122. The Morgan fingerprint density at radius 1 is 1.03 bits per heavy atom. The van der Waals surface area contributed by atoms with Crippen LogP contribution < -0.4 is 0 Å². The molecule has 1 fully saturated rings. The van der Waals surface area contributed by atoms with Gasteiger partial charge in [0.05, 0.1) is 11.3 Å². The van der Waals surface area contributed by atoms with Crippen LogP contribution in [0.2, 0.25) is 0 Å². The smallest absolute Gasteiger partial charge is 0.407 e. The Morgan fingerprint density at radius 2 is 1.78 bits per heavy atom. The van der Waals surface area contributed by atoms with E-state index in [9.17, 15) is 25.2 Å². The van der Waals surface area contributed by atoms with Gasteiger partial charge in [-0.05, 0) is 60.6 Å². The molecule has 10 heteroatoms. The van der Waals surface area contributed by atoms with Crippen LogP contribution in [0, 0.1) is 5.92 Å². The van der Waals surface area contributed by atoms with Crippen LogP contribution in [-0.4, -0.2) is 63.8 Å². The van der Waals surface area contributed by atoms with Crippen molar-refractivity contribution in [3.8, 4) is 34.6 Å². The monoisotopic (exact) mass is 491 g/mol. The molecule has 3 heterocycles. The number of aromatic hydroxyl groups is 3. The molecule has 2 aromatic carbocycles. The summed E-state index contributed by atoms with van der Waals surface area (Å²) in [6.45, 7) is 5.79. The van der Waals surface area contributed by atoms with E-state index >= 15 is 0 Å². The number of phenols is 2. The fourth-order valence-corrected chi connectivity index (χ4v) is 4.99. The summed E-state index contributed by atoms with van der Waals surface area (Å²) in [5.41, 5.74) is 2.67. The van der Waals surface area contributed by atoms with E-state index in [-0.39, 0.29) is 29.3 Å². The topological polar surface area (TPSA) is 137 Å². The van der Waals surface area contributed by atoms with E-state index in [1.54, 1.807) is 6.07 Å². The fraction of sp³-hybridized carbons (Fsp3) is 0.346. The molecule has 1 aliphatic heterocycles. The normalized spacial score (nSPS) is 14.7. The number of piperidine rings is 1. The first-order chi connectivity index (χ1) is 17.2. The average Bonchev–Trinajstić information content (AvgIpc) is 3.42. The highest BCUT2D eigenvalue weighted by Gasteiger charge is 2.24. The summed E-state index contributed by atoms with van der Waals surface area (Å²) >= 11 is 0. The Kier molecular flexibility index (Phi) is 5.95. The van der Waals surface area contributed by atoms with E-state index in [1.165, 1.54) is 15.5 Å². The first kappa shape index (κ1) is 23.5. The standard InChI is InChI=1S/C26H29N5O5/c1-15(2)19-12-20(23(33)13-22(19)32)24-27-28-25(34)31(24)18-3-4-21-17(11-18)7-10-30(21)14-16-5-8-29(9-6-16)26(35)36/h3-4,7,10-13,15-16,32-33H,5-6,8-9,14H2,1-2H3,(H,28,34)(H,35,36). The minimum atomic E-state index is -0.856. The van der Waals surface area contributed by atoms with Crippen molar-refractivity contribution in [3.63, 3.8) is 0 Å². The van der Waals surface area contributed by atoms with Crippen LogP contribution in [0.5, 0.6) is 17.5 Å². The first-order valence-corrected chi connectivity index (χ1v) is 12.0. The van der Waals surface area contributed by atoms with Crippen LogP contribution in [0.3, 0.4) is 0 Å². The Morgan fingerprint density at radius 3 is 2.47 bits per heavy atom. The number of aromatic nitrogens is 4. The lowest BCUT2D eigenvalue weighted by atomic mass is 9.97. The molecule has 0 spiro atoms. The van der Waals surface area contributed by atoms with Gasteiger partial charge < -0.3 is 29.9 Å². The first-order valence-electron chi connectivity index (χ1n) is 12.0. The highest BCUT2D eigenvalue weighted by Crippen LogP contribution is 2.39. The number of amides is 1. The third-order valence-electron chi connectivity index (χ3n) is 7.01. The fourth-order valence-electron chi connectivity index (χ4n) is 4.99. The van der Waals surface area contributed by atoms with Crippen molar-refractivity contribution in [3.05, 3.63) is 48.2 Å². The Bertz CT molecular complexity index is 1430. The van der Waals surface area contributed by atoms with Gasteiger partial charge in [-0.2, -0.15) is 0 Å². The number of carbonyl (C=O) groups is 1. The van der Waals surface area contributed by atoms with Crippen molar-refractivity contribution in [1.82, 2.24) is 24.2 Å². The van der Waals surface area contributed by atoms with Crippen LogP contribution in [0.1, 0.15) is 38.2 Å². The minimum Gasteiger partial charge on any atom is -0.508 e. The molecule has 2 aromatic heterocycles. The van der Waals surface area contributed by atoms with Crippen LogP contribution >= 0.6 is 0 Å². The number of carboxylic acid groups (broad SMARTS) is 1. The summed E-state index contributed by atoms with van der Waals surface area (Å²) in [7, 11) is 0. The number of likely N-dealkylation sites (tertiary alicyclic amines) is 1. The maximum Gasteiger partial charge on any atom is 0.407 e. The van der Waals surface area contributed by atoms with Crippen molar-refractivity contribution in [2.75, 3.05) is 13.1 Å². The molecular weight excluding hydrogens is 462 g/mol. The molecular formula is C26H29N5O5. The van der Waals surface area contributed by atoms with Gasteiger partial charge in [-0.15, -0.1) is 5.10 Å². The van der Waals surface area contributed by atoms with Gasteiger partial charge in [-0.1, -0.05) is 18.9 Å². The molecule has 1 amide bonds. The number of fused-ring (bicyclic) bond motifs is 1. The molecule has 1 aliphatic rings. The lowest BCUT2D eigenvalue weighted by Crippen LogP contribution is -2.38. The second-order valence-electron chi connectivity index (χ2n) is 9.67. The van der Waals surface area contributed by atoms with Crippen LogP contribution in [-0.2, 0) is 6.54 Å². The Hall–Kier alpha value is -4.21. The molecule has 0 radical (unpaired) electrons. The molecule has 0 unspecified atom stereocenters. The molecule has 1 saturated heterocycles. The zero-order valence-corrected chi connectivity index (χ0v) is 20.2. The number of benzene rings is 2. The minimum absolute atomic E-state index is 0.00192. The van der Waals surface area contributed by atoms with Crippen molar-refractivity contribution < 1.29 is 25.2 Å². The second-order valence-corrected chi connectivity index (χ2v) is 9.67. The summed E-state index contributed by atoms with van der Waals surface area (Å²) in [6, 6.07) is 10.4. The van der Waals surface area contributed by atoms with E-state index in [0.717, 1.165) is 30.3 Å². The maximum absolute atomic E-state index is 11.2. The van der Waals surface area contributed by atoms with E-state index in [2.05, 4.69) is 14.8 Å². The number of rotatable bonds is 5. The quantitative estimate of drug-likeness (QED) is 0.322. The Labute approximate surface area is 207 Å². The predicted octanol–water partition coefficient (Wildman–Crippen LogP) is 4.52. The molecule has 4 N–H and O–H groups in total. The zero-order valence-electron chi connectivity index (χ0n) is 20.2. The van der Waals surface area contributed by atoms with Gasteiger partial charge in [0.1, 0.15) is 11.5 Å². The van der Waals surface area contributed by atoms with Crippen LogP contribution in [0.15, 0.2) is 42.6 Å². The van der Waals surface area contributed by atoms with E-state index in [1.807, 2.05) is 44.3 Å². The number of nitrogens with zero attached hydrogens (tertiary/aromatic N) is 5. The molecule has 0 saturated carbocycles. The molecule has 188 valence electrons. The molecule has 5 rings (SSSR count). The van der Waals surface area contributed by atoms with Gasteiger partial charge in [0, 0.05) is 42.8 Å². The number of hydrogen-bond donors (Lipinski definition) is 4. The molecule has 4 aromatic rings. The van der Waals surface area contributed by atoms with Crippen molar-refractivity contribution >= 4 is 17.0 Å². The summed E-state index contributed by atoms with van der Waals surface area (Å²) in [6.07, 6.45) is 2.82. The molecule has 0 bridgehead atoms. The summed E-state index contributed by atoms with van der Waals surface area (Å²) < 4.78 is 3.64. The van der Waals surface area contributed by atoms with Crippen LogP contribution in [0.4, 0.5) is 4.79 Å². The molecule has 10 nitrogen and oxygen atoms in total. The molecule has 0 aliphatic carbocycles. The maximum atomic E-state index is 11.2. The summed E-state index contributed by atoms with van der Waals surface area (Å²) in [5, 5.41) is 49.4. The summed E-state index contributed by atoms with van der Waals surface area (Å²) in [5.74, 6) is 0.513. The lowest BCUT2D eigenvalue weighted by Gasteiger charge is -2.30. The van der Waals surface area contributed by atoms with Gasteiger partial charge in [-0.25, -0.2) is 9.36 Å². The number of hydrogen-bond acceptors (Lipinski definition) is 6. The zero-order chi connectivity index (χ0) is 25.6. The van der Waals surface area contributed by atoms with E-state index < -0.39 is 6.09 Å². The third-order valence-corrected chi connectivity index (χ3v) is 7.01. The third kappa shape index (κ3) is 4.19. The molecule has 0 atom stereocenters. The Balaban J connectivity index is 1.46. The highest BCUT2D eigenvalue weighted by molar-refractivity contribution is 5.83. The number of phenolic OH excluding ortho intramolecular Hbond substituents is 2. The molecule has 36 heavy (non-hydrogen) atoms. The average molecular weight is 492 g/mol. The van der Waals surface area contributed by atoms with Crippen LogP contribution in [0.25, 0.3) is 28.0 Å². The second kappa shape index (κ2) is 9.10. The largest absolute Gasteiger partial charge is 0.508 e. The van der Waals surface area contributed by atoms with Gasteiger partial charge in [0.2, 0.25) is 0 Å². The van der Waals surface area contributed by atoms with E-state index in [4.69, 9.17) is 0 Å². The van der Waals surface area contributed by atoms with E-state index in [0.29, 0.717) is 35.8 Å². The van der Waals surface area contributed by atoms with Gasteiger partial charge in [-0.3, -0.25) is 0 Å². The van der Waals surface area contributed by atoms with Crippen molar-refractivity contribution in [2.45, 2.75) is 39.2 Å². The van der Waals surface area contributed by atoms with Gasteiger partial charge >= 0.3 is 12.1 Å². The highest BCUT2D eigenvalue weighted by atomic mass is 16.4. The van der Waals surface area contributed by atoms with Crippen molar-refractivity contribution in [2.24, 2.45) is 5.92 Å². The van der Waals surface area contributed by atoms with Gasteiger partial charge in [0.15, 0.2) is 5.82 Å². The van der Waals surface area contributed by atoms with Crippen molar-refractivity contribution in [1.29, 1.82) is 0 Å². The SMILES string of the molecule is CC(C)c1cc(-c2nnc(O)n2-c2ccc3c(ccn3CC3CCN(C(=O)O)CC3)c2)c(O)cc1O.